The Morgan fingerprint density at radius 2 is 2.30 bits per heavy atom. The molecule has 106 valence electrons. The van der Waals surface area contributed by atoms with E-state index in [1.807, 2.05) is 0 Å². The number of halogens is 1. The van der Waals surface area contributed by atoms with Gasteiger partial charge in [0.15, 0.2) is 0 Å². The summed E-state index contributed by atoms with van der Waals surface area (Å²) >= 11 is 6.15. The van der Waals surface area contributed by atoms with Crippen molar-refractivity contribution >= 4 is 11.6 Å². The molecule has 0 amide bonds. The zero-order chi connectivity index (χ0) is 14.0. The van der Waals surface area contributed by atoms with Gasteiger partial charge in [0, 0.05) is 25.9 Å². The molecule has 2 heterocycles. The highest BCUT2D eigenvalue weighted by Crippen LogP contribution is 2.36. The lowest BCUT2D eigenvalue weighted by Gasteiger charge is -2.37. The van der Waals surface area contributed by atoms with Crippen LogP contribution in [0.25, 0.3) is 0 Å². The molecule has 1 aromatic rings. The Kier molecular flexibility index (Phi) is 3.84. The number of hydrogen-bond donors (Lipinski definition) is 0. The summed E-state index contributed by atoms with van der Waals surface area (Å²) in [7, 11) is 0. The van der Waals surface area contributed by atoms with Crippen molar-refractivity contribution in [1.29, 1.82) is 5.26 Å². The molecule has 2 fully saturated rings. The van der Waals surface area contributed by atoms with E-state index in [2.05, 4.69) is 6.07 Å². The molecule has 0 bridgehead atoms. The van der Waals surface area contributed by atoms with Crippen LogP contribution in [0.15, 0.2) is 18.2 Å². The van der Waals surface area contributed by atoms with E-state index in [1.165, 1.54) is 0 Å². The molecule has 3 rings (SSSR count). The van der Waals surface area contributed by atoms with Crippen LogP contribution in [-0.4, -0.2) is 31.5 Å². The van der Waals surface area contributed by atoms with Crippen LogP contribution in [0.4, 0.5) is 0 Å². The van der Waals surface area contributed by atoms with E-state index in [1.54, 1.807) is 18.2 Å². The molecule has 0 aromatic heterocycles. The number of ether oxygens (including phenoxy) is 3. The van der Waals surface area contributed by atoms with Crippen molar-refractivity contribution in [3.05, 3.63) is 28.8 Å². The first kappa shape index (κ1) is 13.7. The van der Waals surface area contributed by atoms with Crippen LogP contribution in [0.2, 0.25) is 5.02 Å². The number of nitriles is 1. The maximum atomic E-state index is 8.83. The molecule has 2 aliphatic rings. The van der Waals surface area contributed by atoms with Crippen molar-refractivity contribution in [3.8, 4) is 11.8 Å². The van der Waals surface area contributed by atoms with Crippen LogP contribution in [0, 0.1) is 11.3 Å². The van der Waals surface area contributed by atoms with E-state index in [4.69, 9.17) is 31.1 Å². The van der Waals surface area contributed by atoms with Crippen LogP contribution >= 0.6 is 11.6 Å². The summed E-state index contributed by atoms with van der Waals surface area (Å²) in [4.78, 5) is 0. The second-order valence-corrected chi connectivity index (χ2v) is 5.73. The molecule has 0 N–H and O–H groups in total. The molecule has 0 saturated carbocycles. The van der Waals surface area contributed by atoms with E-state index in [0.29, 0.717) is 29.5 Å². The van der Waals surface area contributed by atoms with Crippen molar-refractivity contribution in [2.75, 3.05) is 19.8 Å². The van der Waals surface area contributed by atoms with Crippen LogP contribution in [-0.2, 0) is 9.47 Å². The minimum atomic E-state index is -0.179. The zero-order valence-corrected chi connectivity index (χ0v) is 11.9. The monoisotopic (exact) mass is 293 g/mol. The summed E-state index contributed by atoms with van der Waals surface area (Å²) in [6.45, 7) is 2.08. The second kappa shape index (κ2) is 5.61. The molecule has 2 unspecified atom stereocenters. The highest BCUT2D eigenvalue weighted by atomic mass is 35.5. The van der Waals surface area contributed by atoms with Gasteiger partial charge in [0.1, 0.15) is 11.9 Å². The van der Waals surface area contributed by atoms with Crippen LogP contribution < -0.4 is 4.74 Å². The fourth-order valence-corrected chi connectivity index (χ4v) is 3.02. The van der Waals surface area contributed by atoms with E-state index >= 15 is 0 Å². The first-order valence-electron chi connectivity index (χ1n) is 6.79. The Balaban J connectivity index is 1.70. The van der Waals surface area contributed by atoms with E-state index in [0.717, 1.165) is 25.9 Å². The quantitative estimate of drug-likeness (QED) is 0.841. The normalized spacial score (nSPS) is 29.3. The Morgan fingerprint density at radius 1 is 1.40 bits per heavy atom. The second-order valence-electron chi connectivity index (χ2n) is 5.32. The molecule has 5 heteroatoms. The molecule has 0 aliphatic carbocycles. The fourth-order valence-electron chi connectivity index (χ4n) is 2.79. The van der Waals surface area contributed by atoms with Gasteiger partial charge in [-0.3, -0.25) is 0 Å². The first-order chi connectivity index (χ1) is 9.71. The van der Waals surface area contributed by atoms with Gasteiger partial charge in [-0.15, -0.1) is 0 Å². The topological polar surface area (TPSA) is 51.5 Å². The largest absolute Gasteiger partial charge is 0.489 e. The average molecular weight is 294 g/mol. The SMILES string of the molecule is N#Cc1ccc(OC2CCOC3(CCOC3)C2)c(Cl)c1. The van der Waals surface area contributed by atoms with Gasteiger partial charge >= 0.3 is 0 Å². The number of nitrogens with zero attached hydrogens (tertiary/aromatic N) is 1. The minimum absolute atomic E-state index is 0.0795. The van der Waals surface area contributed by atoms with Gasteiger partial charge in [-0.25, -0.2) is 0 Å². The third kappa shape index (κ3) is 2.76. The molecule has 20 heavy (non-hydrogen) atoms. The molecule has 1 spiro atoms. The number of hydrogen-bond acceptors (Lipinski definition) is 4. The molecular weight excluding hydrogens is 278 g/mol. The summed E-state index contributed by atoms with van der Waals surface area (Å²) in [5, 5.41) is 9.31. The molecule has 2 saturated heterocycles. The maximum absolute atomic E-state index is 8.83. The predicted molar refractivity (Wildman–Crippen MR) is 73.9 cm³/mol. The number of benzene rings is 1. The molecule has 4 nitrogen and oxygen atoms in total. The third-order valence-corrected chi connectivity index (χ3v) is 4.16. The van der Waals surface area contributed by atoms with Crippen molar-refractivity contribution in [2.24, 2.45) is 0 Å². The lowest BCUT2D eigenvalue weighted by Crippen LogP contribution is -2.44. The summed E-state index contributed by atoms with van der Waals surface area (Å²) in [5.74, 6) is 0.631. The zero-order valence-electron chi connectivity index (χ0n) is 11.1. The minimum Gasteiger partial charge on any atom is -0.489 e. The van der Waals surface area contributed by atoms with Crippen LogP contribution in [0.1, 0.15) is 24.8 Å². The highest BCUT2D eigenvalue weighted by Gasteiger charge is 2.41. The molecule has 2 atom stereocenters. The smallest absolute Gasteiger partial charge is 0.138 e. The van der Waals surface area contributed by atoms with Crippen LogP contribution in [0.3, 0.4) is 0 Å². The lowest BCUT2D eigenvalue weighted by molar-refractivity contribution is -0.112. The standard InChI is InChI=1S/C15H16ClNO3/c16-13-7-11(9-17)1-2-14(13)20-12-3-5-19-15(8-12)4-6-18-10-15/h1-2,7,12H,3-6,8,10H2. The van der Waals surface area contributed by atoms with Gasteiger partial charge in [0.2, 0.25) is 0 Å². The van der Waals surface area contributed by atoms with Gasteiger partial charge in [-0.2, -0.15) is 5.26 Å². The lowest BCUT2D eigenvalue weighted by atomic mass is 9.91. The summed E-state index contributed by atoms with van der Waals surface area (Å²) in [5.41, 5.74) is 0.358. The Morgan fingerprint density at radius 3 is 3.00 bits per heavy atom. The molecule has 2 aliphatic heterocycles. The van der Waals surface area contributed by atoms with Gasteiger partial charge in [0.05, 0.1) is 35.5 Å². The molecule has 1 aromatic carbocycles. The van der Waals surface area contributed by atoms with E-state index in [-0.39, 0.29) is 11.7 Å². The fraction of sp³-hybridized carbons (Fsp3) is 0.533. The number of rotatable bonds is 2. The summed E-state index contributed by atoms with van der Waals surface area (Å²) < 4.78 is 17.3. The van der Waals surface area contributed by atoms with Gasteiger partial charge < -0.3 is 14.2 Å². The van der Waals surface area contributed by atoms with Crippen molar-refractivity contribution < 1.29 is 14.2 Å². The highest BCUT2D eigenvalue weighted by molar-refractivity contribution is 6.32. The van der Waals surface area contributed by atoms with E-state index in [9.17, 15) is 0 Å². The average Bonchev–Trinajstić information content (AvgIpc) is 2.89. The maximum Gasteiger partial charge on any atom is 0.138 e. The van der Waals surface area contributed by atoms with Gasteiger partial charge in [-0.05, 0) is 18.2 Å². The summed E-state index contributed by atoms with van der Waals surface area (Å²) in [6, 6.07) is 7.17. The third-order valence-electron chi connectivity index (χ3n) is 3.87. The van der Waals surface area contributed by atoms with Crippen molar-refractivity contribution in [3.63, 3.8) is 0 Å². The predicted octanol–water partition coefficient (Wildman–Crippen LogP) is 2.93. The Labute approximate surface area is 123 Å². The Bertz CT molecular complexity index is 534. The van der Waals surface area contributed by atoms with Crippen LogP contribution in [0.5, 0.6) is 5.75 Å². The van der Waals surface area contributed by atoms with Gasteiger partial charge in [0.25, 0.3) is 0 Å². The molecular formula is C15H16ClNO3. The first-order valence-corrected chi connectivity index (χ1v) is 7.17. The summed E-state index contributed by atoms with van der Waals surface area (Å²) in [6.07, 6.45) is 2.67. The Hall–Kier alpha value is -1.28. The van der Waals surface area contributed by atoms with Gasteiger partial charge in [-0.1, -0.05) is 11.6 Å². The van der Waals surface area contributed by atoms with Crippen molar-refractivity contribution in [2.45, 2.75) is 31.0 Å². The van der Waals surface area contributed by atoms with E-state index < -0.39 is 0 Å². The molecule has 0 radical (unpaired) electrons. The van der Waals surface area contributed by atoms with Crippen molar-refractivity contribution in [1.82, 2.24) is 0 Å².